The van der Waals surface area contributed by atoms with Gasteiger partial charge in [0, 0.05) is 11.1 Å². The van der Waals surface area contributed by atoms with Gasteiger partial charge < -0.3 is 9.05 Å². The molecule has 0 bridgehead atoms. The summed E-state index contributed by atoms with van der Waals surface area (Å²) in [5, 5.41) is 0. The van der Waals surface area contributed by atoms with Crippen LogP contribution in [0.2, 0.25) is 0 Å². The monoisotopic (exact) mass is 280 g/mol. The summed E-state index contributed by atoms with van der Waals surface area (Å²) in [5.41, 5.74) is 1.02. The van der Waals surface area contributed by atoms with Crippen LogP contribution in [0.5, 0.6) is 0 Å². The minimum atomic E-state index is -3.37. The fraction of sp³-hybridized carbons (Fsp3) is 0.357. The van der Waals surface area contributed by atoms with Crippen molar-refractivity contribution < 1.29 is 18.4 Å². The molecule has 4 nitrogen and oxygen atoms in total. The molecule has 0 saturated heterocycles. The Kier molecular flexibility index (Phi) is 5.98. The molecule has 0 saturated carbocycles. The normalized spacial score (nSPS) is 11.0. The number of ketones is 1. The Morgan fingerprint density at radius 3 is 2.47 bits per heavy atom. The predicted molar refractivity (Wildman–Crippen MR) is 74.4 cm³/mol. The van der Waals surface area contributed by atoms with Crippen molar-refractivity contribution in [3.8, 4) is 12.3 Å². The lowest BCUT2D eigenvalue weighted by Crippen LogP contribution is -2.10. The van der Waals surface area contributed by atoms with E-state index in [0.717, 1.165) is 0 Å². The van der Waals surface area contributed by atoms with E-state index in [2.05, 4.69) is 5.92 Å². The zero-order valence-corrected chi connectivity index (χ0v) is 12.0. The maximum absolute atomic E-state index is 12.2. The first-order valence-corrected chi connectivity index (χ1v) is 7.75. The molecule has 1 aromatic carbocycles. The maximum Gasteiger partial charge on any atom is 0.338 e. The lowest BCUT2D eigenvalue weighted by atomic mass is 10.1. The van der Waals surface area contributed by atoms with E-state index in [1.54, 1.807) is 38.1 Å². The molecule has 0 atom stereocenters. The largest absolute Gasteiger partial charge is 0.338 e. The van der Waals surface area contributed by atoms with Crippen molar-refractivity contribution in [1.29, 1.82) is 0 Å². The third kappa shape index (κ3) is 4.65. The summed E-state index contributed by atoms with van der Waals surface area (Å²) >= 11 is 0. The molecule has 0 aromatic heterocycles. The van der Waals surface area contributed by atoms with Crippen LogP contribution in [0.1, 0.15) is 29.8 Å². The molecule has 0 N–H and O–H groups in total. The zero-order chi connectivity index (χ0) is 14.3. The van der Waals surface area contributed by atoms with Crippen LogP contribution in [0.25, 0.3) is 0 Å². The number of benzene rings is 1. The van der Waals surface area contributed by atoms with E-state index in [1.165, 1.54) is 0 Å². The average molecular weight is 280 g/mol. The van der Waals surface area contributed by atoms with Gasteiger partial charge in [-0.15, -0.1) is 6.42 Å². The molecule has 0 radical (unpaired) electrons. The Morgan fingerprint density at radius 2 is 1.95 bits per heavy atom. The van der Waals surface area contributed by atoms with Gasteiger partial charge in [0.2, 0.25) is 0 Å². The lowest BCUT2D eigenvalue weighted by molar-refractivity contribution is 0.100. The van der Waals surface area contributed by atoms with Gasteiger partial charge in [0.1, 0.15) is 6.16 Å². The predicted octanol–water partition coefficient (Wildman–Crippen LogP) is 3.12. The number of terminal acetylenes is 1. The van der Waals surface area contributed by atoms with Gasteiger partial charge in [0.05, 0.1) is 13.2 Å². The smallest absolute Gasteiger partial charge is 0.309 e. The molecule has 0 unspecified atom stereocenters. The zero-order valence-electron chi connectivity index (χ0n) is 11.1. The van der Waals surface area contributed by atoms with Crippen LogP contribution in [0.3, 0.4) is 0 Å². The van der Waals surface area contributed by atoms with Crippen LogP contribution in [-0.2, 0) is 13.6 Å². The van der Waals surface area contributed by atoms with Crippen molar-refractivity contribution in [3.63, 3.8) is 0 Å². The Labute approximate surface area is 113 Å². The van der Waals surface area contributed by atoms with E-state index in [0.29, 0.717) is 11.1 Å². The molecule has 0 aliphatic carbocycles. The van der Waals surface area contributed by atoms with Crippen LogP contribution in [0.15, 0.2) is 24.3 Å². The number of hydrogen-bond donors (Lipinski definition) is 0. The van der Waals surface area contributed by atoms with Gasteiger partial charge in [-0.2, -0.15) is 0 Å². The molecule has 1 rings (SSSR count). The fourth-order valence-electron chi connectivity index (χ4n) is 1.57. The van der Waals surface area contributed by atoms with E-state index < -0.39 is 7.60 Å². The number of Topliss-reactive ketones (excluding diaryl/α,β-unsaturated/α-hetero) is 1. The van der Waals surface area contributed by atoms with Gasteiger partial charge in [0.15, 0.2) is 5.78 Å². The molecule has 0 aliphatic rings. The highest BCUT2D eigenvalue weighted by Gasteiger charge is 2.28. The second kappa shape index (κ2) is 7.25. The standard InChI is InChI=1S/C14H17O4P/c1-4-12-8-7-9-13(10-12)14(15)11-19(16,17-5-2)18-6-3/h1,7-10H,5-6,11H2,2-3H3. The SMILES string of the molecule is C#Cc1cccc(C(=O)CP(=O)(OCC)OCC)c1. The average Bonchev–Trinajstić information content (AvgIpc) is 2.39. The Bertz CT molecular complexity index is 520. The molecule has 1 aromatic rings. The summed E-state index contributed by atoms with van der Waals surface area (Å²) in [6.07, 6.45) is 5.00. The highest BCUT2D eigenvalue weighted by atomic mass is 31.2. The van der Waals surface area contributed by atoms with Crippen LogP contribution >= 0.6 is 7.60 Å². The minimum absolute atomic E-state index is 0.231. The molecule has 102 valence electrons. The quantitative estimate of drug-likeness (QED) is 0.437. The van der Waals surface area contributed by atoms with Crippen molar-refractivity contribution in [1.82, 2.24) is 0 Å². The number of hydrogen-bond acceptors (Lipinski definition) is 4. The molecular formula is C14H17O4P. The van der Waals surface area contributed by atoms with Crippen molar-refractivity contribution in [2.24, 2.45) is 0 Å². The molecule has 0 amide bonds. The molecule has 5 heteroatoms. The second-order valence-corrected chi connectivity index (χ2v) is 5.81. The van der Waals surface area contributed by atoms with Crippen LogP contribution in [0.4, 0.5) is 0 Å². The van der Waals surface area contributed by atoms with Crippen molar-refractivity contribution in [3.05, 3.63) is 35.4 Å². The molecule has 0 aliphatic heterocycles. The Hall–Kier alpha value is -1.40. The van der Waals surface area contributed by atoms with Crippen LogP contribution in [0, 0.1) is 12.3 Å². The first-order chi connectivity index (χ1) is 9.04. The van der Waals surface area contributed by atoms with E-state index in [4.69, 9.17) is 15.5 Å². The molecule has 19 heavy (non-hydrogen) atoms. The lowest BCUT2D eigenvalue weighted by Gasteiger charge is -2.16. The van der Waals surface area contributed by atoms with E-state index in [1.807, 2.05) is 0 Å². The minimum Gasteiger partial charge on any atom is -0.309 e. The van der Waals surface area contributed by atoms with Crippen molar-refractivity contribution in [2.45, 2.75) is 13.8 Å². The highest BCUT2D eigenvalue weighted by Crippen LogP contribution is 2.48. The summed E-state index contributed by atoms with van der Waals surface area (Å²) < 4.78 is 22.4. The van der Waals surface area contributed by atoms with Crippen molar-refractivity contribution >= 4 is 13.4 Å². The maximum atomic E-state index is 12.2. The number of carbonyl (C=O) groups is 1. The van der Waals surface area contributed by atoms with Gasteiger partial charge in [0.25, 0.3) is 0 Å². The molecule has 0 fully saturated rings. The summed E-state index contributed by atoms with van der Waals surface area (Å²) in [6.45, 7) is 3.87. The second-order valence-electron chi connectivity index (χ2n) is 3.75. The third-order valence-corrected chi connectivity index (χ3v) is 4.32. The number of carbonyl (C=O) groups excluding carboxylic acids is 1. The van der Waals surface area contributed by atoms with Gasteiger partial charge >= 0.3 is 7.60 Å². The molecule has 0 spiro atoms. The third-order valence-electron chi connectivity index (χ3n) is 2.34. The van der Waals surface area contributed by atoms with Gasteiger partial charge in [-0.3, -0.25) is 9.36 Å². The van der Waals surface area contributed by atoms with E-state index in [9.17, 15) is 9.36 Å². The first-order valence-electron chi connectivity index (χ1n) is 6.02. The van der Waals surface area contributed by atoms with Gasteiger partial charge in [-0.1, -0.05) is 18.1 Å². The Morgan fingerprint density at radius 1 is 1.32 bits per heavy atom. The molecule has 0 heterocycles. The first kappa shape index (κ1) is 15.7. The summed E-state index contributed by atoms with van der Waals surface area (Å²) in [4.78, 5) is 12.1. The topological polar surface area (TPSA) is 52.6 Å². The summed E-state index contributed by atoms with van der Waals surface area (Å²) in [6, 6.07) is 6.63. The van der Waals surface area contributed by atoms with Crippen molar-refractivity contribution in [2.75, 3.05) is 19.4 Å². The summed E-state index contributed by atoms with van der Waals surface area (Å²) in [5.74, 6) is 2.15. The van der Waals surface area contributed by atoms with Gasteiger partial charge in [-0.05, 0) is 26.0 Å². The van der Waals surface area contributed by atoms with Crippen LogP contribution in [-0.4, -0.2) is 25.2 Å². The summed E-state index contributed by atoms with van der Waals surface area (Å²) in [7, 11) is -3.37. The fourth-order valence-corrected chi connectivity index (χ4v) is 3.15. The van der Waals surface area contributed by atoms with Gasteiger partial charge in [-0.25, -0.2) is 0 Å². The van der Waals surface area contributed by atoms with E-state index in [-0.39, 0.29) is 25.2 Å². The highest BCUT2D eigenvalue weighted by molar-refractivity contribution is 7.54. The molecular weight excluding hydrogens is 263 g/mol. The van der Waals surface area contributed by atoms with Crippen LogP contribution < -0.4 is 0 Å². The Balaban J connectivity index is 2.88. The van der Waals surface area contributed by atoms with E-state index >= 15 is 0 Å². The number of rotatable bonds is 7.